The molecule has 0 spiro atoms. The molecule has 10 heteroatoms. The van der Waals surface area contributed by atoms with Gasteiger partial charge in [0, 0.05) is 19.3 Å². The van der Waals surface area contributed by atoms with E-state index in [1.54, 1.807) is 12.2 Å². The lowest BCUT2D eigenvalue weighted by molar-refractivity contribution is -0.161. The third-order valence-corrected chi connectivity index (χ3v) is 7.59. The van der Waals surface area contributed by atoms with Crippen LogP contribution in [0.3, 0.4) is 0 Å². The summed E-state index contributed by atoms with van der Waals surface area (Å²) in [5.41, 5.74) is 0. The van der Waals surface area contributed by atoms with Gasteiger partial charge in [0.15, 0.2) is 11.9 Å². The van der Waals surface area contributed by atoms with Gasteiger partial charge in [0.2, 0.25) is 0 Å². The van der Waals surface area contributed by atoms with Crippen molar-refractivity contribution in [1.29, 1.82) is 0 Å². The Hall–Kier alpha value is -2.06. The fraction of sp³-hybridized carbons (Fsp3) is 0.743. The number of rotatable bonds is 31. The van der Waals surface area contributed by atoms with Crippen molar-refractivity contribution in [3.8, 4) is 0 Å². The van der Waals surface area contributed by atoms with Gasteiger partial charge >= 0.3 is 19.8 Å². The normalized spacial score (nSPS) is 12.8. The topological polar surface area (TPSA) is 136 Å². The Balaban J connectivity index is 4.13. The highest BCUT2D eigenvalue weighted by Gasteiger charge is 2.22. The van der Waals surface area contributed by atoms with E-state index in [-0.39, 0.29) is 25.2 Å². The zero-order valence-corrected chi connectivity index (χ0v) is 28.9. The minimum absolute atomic E-state index is 0.109. The van der Waals surface area contributed by atoms with Crippen LogP contribution in [0.2, 0.25) is 0 Å². The molecule has 0 radical (unpaired) electrons. The van der Waals surface area contributed by atoms with Gasteiger partial charge in [-0.25, -0.2) is 4.57 Å². The van der Waals surface area contributed by atoms with E-state index in [1.807, 2.05) is 6.08 Å². The van der Waals surface area contributed by atoms with E-state index in [9.17, 15) is 18.9 Å². The lowest BCUT2D eigenvalue weighted by atomic mass is 10.1. The average molecular weight is 657 g/mol. The van der Waals surface area contributed by atoms with Crippen molar-refractivity contribution < 1.29 is 42.7 Å². The molecule has 260 valence electrons. The molecule has 0 aliphatic rings. The van der Waals surface area contributed by atoms with Gasteiger partial charge in [-0.15, -0.1) is 0 Å². The van der Waals surface area contributed by atoms with Crippen molar-refractivity contribution in [3.63, 3.8) is 0 Å². The molecule has 0 bridgehead atoms. The number of unbranched alkanes of at least 4 members (excludes halogenated alkanes) is 14. The minimum Gasteiger partial charge on any atom is -0.462 e. The molecule has 0 amide bonds. The van der Waals surface area contributed by atoms with E-state index >= 15 is 0 Å². The number of esters is 2. The molecule has 9 nitrogen and oxygen atoms in total. The van der Waals surface area contributed by atoms with Gasteiger partial charge in [0.1, 0.15) is 6.61 Å². The van der Waals surface area contributed by atoms with E-state index in [1.165, 1.54) is 32.1 Å². The summed E-state index contributed by atoms with van der Waals surface area (Å²) in [5.74, 6) is -0.884. The van der Waals surface area contributed by atoms with Crippen LogP contribution in [0.5, 0.6) is 0 Å². The van der Waals surface area contributed by atoms with Crippen LogP contribution in [-0.4, -0.2) is 46.8 Å². The monoisotopic (exact) mass is 656 g/mol. The third-order valence-electron chi connectivity index (χ3n) is 7.11. The number of ether oxygens (including phenoxy) is 2. The molecule has 0 unspecified atom stereocenters. The summed E-state index contributed by atoms with van der Waals surface area (Å²) in [7, 11) is -4.78. The van der Waals surface area contributed by atoms with E-state index in [0.29, 0.717) is 19.3 Å². The van der Waals surface area contributed by atoms with Crippen molar-refractivity contribution in [3.05, 3.63) is 36.5 Å². The average Bonchev–Trinajstić information content (AvgIpc) is 2.99. The molecular weight excluding hydrogens is 595 g/mol. The summed E-state index contributed by atoms with van der Waals surface area (Å²) < 4.78 is 26.1. The number of ketones is 1. The molecule has 0 aromatic rings. The van der Waals surface area contributed by atoms with Gasteiger partial charge in [0.25, 0.3) is 0 Å². The summed E-state index contributed by atoms with van der Waals surface area (Å²) in [6.45, 7) is 3.45. The molecule has 0 aromatic carbocycles. The highest BCUT2D eigenvalue weighted by molar-refractivity contribution is 7.46. The lowest BCUT2D eigenvalue weighted by Crippen LogP contribution is -2.29. The van der Waals surface area contributed by atoms with Crippen molar-refractivity contribution in [1.82, 2.24) is 0 Å². The second-order valence-corrected chi connectivity index (χ2v) is 12.8. The summed E-state index contributed by atoms with van der Waals surface area (Å²) in [6, 6.07) is 0. The highest BCUT2D eigenvalue weighted by Crippen LogP contribution is 2.35. The fourth-order valence-electron chi connectivity index (χ4n) is 4.45. The largest absolute Gasteiger partial charge is 0.469 e. The number of phosphoric acid groups is 1. The van der Waals surface area contributed by atoms with Crippen LogP contribution in [0.1, 0.15) is 149 Å². The molecule has 0 aliphatic carbocycles. The molecule has 1 atom stereocenters. The van der Waals surface area contributed by atoms with E-state index < -0.39 is 32.5 Å². The molecule has 2 N–H and O–H groups in total. The summed E-state index contributed by atoms with van der Waals surface area (Å²) >= 11 is 0. The first-order valence-corrected chi connectivity index (χ1v) is 18.8. The Bertz CT molecular complexity index is 892. The molecule has 0 saturated heterocycles. The molecule has 0 rings (SSSR count). The second kappa shape index (κ2) is 30.6. The first kappa shape index (κ1) is 42.9. The number of phosphoric ester groups is 1. The van der Waals surface area contributed by atoms with E-state index in [4.69, 9.17) is 19.3 Å². The van der Waals surface area contributed by atoms with Crippen molar-refractivity contribution in [2.45, 2.75) is 155 Å². The molecule has 0 fully saturated rings. The smallest absolute Gasteiger partial charge is 0.462 e. The number of allylic oxidation sites excluding steroid dienone is 6. The van der Waals surface area contributed by atoms with Gasteiger partial charge in [-0.2, -0.15) is 0 Å². The highest BCUT2D eigenvalue weighted by atomic mass is 31.2. The lowest BCUT2D eigenvalue weighted by Gasteiger charge is -2.18. The number of hydrogen-bond donors (Lipinski definition) is 2. The van der Waals surface area contributed by atoms with E-state index in [0.717, 1.165) is 70.6 Å². The van der Waals surface area contributed by atoms with Crippen LogP contribution in [-0.2, 0) is 32.9 Å². The maximum Gasteiger partial charge on any atom is 0.469 e. The quantitative estimate of drug-likeness (QED) is 0.0187. The predicted molar refractivity (Wildman–Crippen MR) is 180 cm³/mol. The first-order valence-electron chi connectivity index (χ1n) is 17.2. The van der Waals surface area contributed by atoms with Gasteiger partial charge in [-0.3, -0.25) is 18.9 Å². The summed E-state index contributed by atoms with van der Waals surface area (Å²) in [6.07, 6.45) is 29.8. The van der Waals surface area contributed by atoms with Crippen LogP contribution in [0.15, 0.2) is 36.5 Å². The van der Waals surface area contributed by atoms with Gasteiger partial charge in [-0.05, 0) is 57.4 Å². The molecule has 0 aromatic heterocycles. The van der Waals surface area contributed by atoms with E-state index in [2.05, 4.69) is 36.6 Å². The maximum atomic E-state index is 12.3. The Morgan fingerprint density at radius 1 is 0.622 bits per heavy atom. The standard InChI is InChI=1S/C35H61O9P/c1-3-5-7-9-11-12-13-14-16-20-24-28-34(37)42-30-33(31-43-45(39,40)41)44-35(38)29-25-21-17-19-23-27-32(36)26-22-18-15-10-8-6-4-2/h9,11,15,18,22,26,33H,3-8,10,12-14,16-17,19-21,23-25,27-31H2,1-2H3,(H2,39,40,41)/b11-9-,18-15-,26-22+/t33-/m1/s1. The number of carbonyl (C=O) groups is 3. The van der Waals surface area contributed by atoms with Crippen molar-refractivity contribution in [2.24, 2.45) is 0 Å². The predicted octanol–water partition coefficient (Wildman–Crippen LogP) is 9.02. The Labute approximate surface area is 272 Å². The summed E-state index contributed by atoms with van der Waals surface area (Å²) in [5, 5.41) is 0. The zero-order chi connectivity index (χ0) is 33.4. The van der Waals surface area contributed by atoms with Crippen LogP contribution in [0.25, 0.3) is 0 Å². The summed E-state index contributed by atoms with van der Waals surface area (Å²) in [4.78, 5) is 54.4. The Morgan fingerprint density at radius 2 is 1.16 bits per heavy atom. The van der Waals surface area contributed by atoms with Crippen LogP contribution < -0.4 is 0 Å². The third kappa shape index (κ3) is 33.1. The first-order chi connectivity index (χ1) is 21.7. The zero-order valence-electron chi connectivity index (χ0n) is 28.0. The van der Waals surface area contributed by atoms with Crippen LogP contribution in [0.4, 0.5) is 0 Å². The SMILES string of the molecule is CCCC/C=C\CCCCCCCC(=O)OC[C@H](COP(=O)(O)O)OC(=O)CCCCCCCC(=O)/C=C/C=C\CCCCC. The molecule has 45 heavy (non-hydrogen) atoms. The van der Waals surface area contributed by atoms with Crippen LogP contribution >= 0.6 is 7.82 Å². The minimum atomic E-state index is -4.78. The molecular formula is C35H61O9P. The van der Waals surface area contributed by atoms with Crippen molar-refractivity contribution >= 4 is 25.5 Å². The second-order valence-electron chi connectivity index (χ2n) is 11.5. The number of hydrogen-bond acceptors (Lipinski definition) is 7. The molecule has 0 saturated carbocycles. The van der Waals surface area contributed by atoms with Gasteiger partial charge in [0.05, 0.1) is 6.61 Å². The van der Waals surface area contributed by atoms with Gasteiger partial charge in [-0.1, -0.05) is 108 Å². The van der Waals surface area contributed by atoms with Crippen LogP contribution in [0, 0.1) is 0 Å². The fourth-order valence-corrected chi connectivity index (χ4v) is 4.81. The number of carbonyl (C=O) groups excluding carboxylic acids is 3. The Morgan fingerprint density at radius 3 is 1.80 bits per heavy atom. The van der Waals surface area contributed by atoms with Crippen molar-refractivity contribution in [2.75, 3.05) is 13.2 Å². The molecule has 0 aliphatic heterocycles. The maximum absolute atomic E-state index is 12.3. The Kier molecular flexibility index (Phi) is 29.2. The van der Waals surface area contributed by atoms with Gasteiger partial charge < -0.3 is 19.3 Å². The molecule has 0 heterocycles.